The summed E-state index contributed by atoms with van der Waals surface area (Å²) >= 11 is 0. The van der Waals surface area contributed by atoms with Crippen LogP contribution in [0.1, 0.15) is 43.2 Å². The van der Waals surface area contributed by atoms with Crippen molar-refractivity contribution >= 4 is 17.6 Å². The molecule has 0 saturated heterocycles. The highest BCUT2D eigenvalue weighted by Gasteiger charge is 2.19. The number of rotatable bonds is 5. The normalized spacial score (nSPS) is 12.1. The summed E-state index contributed by atoms with van der Waals surface area (Å²) in [5, 5.41) is 8.45. The minimum atomic E-state index is -0.439. The van der Waals surface area contributed by atoms with Crippen LogP contribution in [0.25, 0.3) is 11.6 Å². The lowest BCUT2D eigenvalue weighted by atomic mass is 9.84. The molecule has 3 rings (SSSR count). The molecule has 1 aromatic heterocycles. The molecule has 0 aliphatic rings. The Hall–Kier alpha value is -3.21. The summed E-state index contributed by atoms with van der Waals surface area (Å²) in [6.07, 6.45) is 3.55. The van der Waals surface area contributed by atoms with Crippen LogP contribution in [0.4, 0.5) is 0 Å². The summed E-state index contributed by atoms with van der Waals surface area (Å²) in [4.78, 5) is 12.3. The van der Waals surface area contributed by atoms with Crippen LogP contribution in [0.5, 0.6) is 0 Å². The lowest BCUT2D eigenvalue weighted by molar-refractivity contribution is -0.133. The number of ether oxygens (including phenoxy) is 1. The van der Waals surface area contributed by atoms with Gasteiger partial charge in [0.1, 0.15) is 5.69 Å². The highest BCUT2D eigenvalue weighted by Crippen LogP contribution is 2.26. The first kappa shape index (κ1) is 19.5. The largest absolute Gasteiger partial charge is 0.465 e. The SMILES string of the molecule is COC(=O)C(=Cc1ccccc1)c1cn(Cc2ccccc2C(C)(C)C)nn1. The van der Waals surface area contributed by atoms with E-state index in [1.54, 1.807) is 17.0 Å². The Kier molecular flexibility index (Phi) is 5.73. The minimum absolute atomic E-state index is 0.0321. The van der Waals surface area contributed by atoms with E-state index in [2.05, 4.69) is 49.3 Å². The summed E-state index contributed by atoms with van der Waals surface area (Å²) in [6, 6.07) is 17.9. The van der Waals surface area contributed by atoms with Gasteiger partial charge < -0.3 is 4.74 Å². The highest BCUT2D eigenvalue weighted by molar-refractivity contribution is 6.20. The van der Waals surface area contributed by atoms with Crippen LogP contribution in [0.3, 0.4) is 0 Å². The fourth-order valence-corrected chi connectivity index (χ4v) is 3.13. The van der Waals surface area contributed by atoms with E-state index in [0.717, 1.165) is 5.56 Å². The monoisotopic (exact) mass is 375 g/mol. The first-order chi connectivity index (χ1) is 13.4. The van der Waals surface area contributed by atoms with Crippen LogP contribution < -0.4 is 0 Å². The lowest BCUT2D eigenvalue weighted by Crippen LogP contribution is -2.15. The molecular weight excluding hydrogens is 350 g/mol. The molecule has 0 saturated carbocycles. The number of hydrogen-bond donors (Lipinski definition) is 0. The van der Waals surface area contributed by atoms with Gasteiger partial charge in [0, 0.05) is 0 Å². The van der Waals surface area contributed by atoms with Crippen molar-refractivity contribution in [2.24, 2.45) is 0 Å². The average molecular weight is 375 g/mol. The fraction of sp³-hybridized carbons (Fsp3) is 0.261. The van der Waals surface area contributed by atoms with E-state index in [1.807, 2.05) is 36.4 Å². The predicted molar refractivity (Wildman–Crippen MR) is 111 cm³/mol. The highest BCUT2D eigenvalue weighted by atomic mass is 16.5. The van der Waals surface area contributed by atoms with Gasteiger partial charge in [-0.2, -0.15) is 0 Å². The van der Waals surface area contributed by atoms with Gasteiger partial charge in [-0.15, -0.1) is 5.10 Å². The van der Waals surface area contributed by atoms with E-state index in [9.17, 15) is 4.79 Å². The summed E-state index contributed by atoms with van der Waals surface area (Å²) in [5.41, 5.74) is 4.24. The van der Waals surface area contributed by atoms with Gasteiger partial charge in [-0.05, 0) is 28.2 Å². The van der Waals surface area contributed by atoms with Crippen molar-refractivity contribution in [1.82, 2.24) is 15.0 Å². The molecule has 1 heterocycles. The molecule has 0 amide bonds. The molecule has 0 N–H and O–H groups in total. The second kappa shape index (κ2) is 8.21. The molecule has 0 unspecified atom stereocenters. The van der Waals surface area contributed by atoms with Gasteiger partial charge in [-0.1, -0.05) is 80.6 Å². The number of hydrogen-bond acceptors (Lipinski definition) is 4. The van der Waals surface area contributed by atoms with Crippen LogP contribution in [-0.2, 0) is 21.5 Å². The van der Waals surface area contributed by atoms with E-state index in [1.165, 1.54) is 18.2 Å². The molecule has 5 heteroatoms. The maximum Gasteiger partial charge on any atom is 0.340 e. The number of nitrogens with zero attached hydrogens (tertiary/aromatic N) is 3. The third kappa shape index (κ3) is 4.55. The second-order valence-corrected chi connectivity index (χ2v) is 7.67. The standard InChI is InChI=1S/C23H25N3O2/c1-23(2,3)20-13-9-8-12-18(20)15-26-16-21(24-25-26)19(22(27)28-4)14-17-10-6-5-7-11-17/h5-14,16H,15H2,1-4H3. The molecule has 0 radical (unpaired) electrons. The molecule has 0 aliphatic heterocycles. The average Bonchev–Trinajstić information content (AvgIpc) is 3.14. The van der Waals surface area contributed by atoms with Gasteiger partial charge >= 0.3 is 5.97 Å². The number of esters is 1. The minimum Gasteiger partial charge on any atom is -0.465 e. The van der Waals surface area contributed by atoms with Gasteiger partial charge in [0.15, 0.2) is 0 Å². The molecule has 2 aromatic carbocycles. The van der Waals surface area contributed by atoms with Crippen molar-refractivity contribution in [3.8, 4) is 0 Å². The van der Waals surface area contributed by atoms with Crippen LogP contribution in [-0.4, -0.2) is 28.1 Å². The Balaban J connectivity index is 1.92. The third-order valence-corrected chi connectivity index (χ3v) is 4.49. The van der Waals surface area contributed by atoms with Crippen molar-refractivity contribution in [2.45, 2.75) is 32.7 Å². The van der Waals surface area contributed by atoms with Gasteiger partial charge in [0.2, 0.25) is 0 Å². The van der Waals surface area contributed by atoms with Crippen molar-refractivity contribution in [3.63, 3.8) is 0 Å². The number of aromatic nitrogens is 3. The first-order valence-electron chi connectivity index (χ1n) is 9.22. The fourth-order valence-electron chi connectivity index (χ4n) is 3.13. The lowest BCUT2D eigenvalue weighted by Gasteiger charge is -2.22. The summed E-state index contributed by atoms with van der Waals surface area (Å²) in [7, 11) is 1.37. The zero-order valence-electron chi connectivity index (χ0n) is 16.7. The summed E-state index contributed by atoms with van der Waals surface area (Å²) < 4.78 is 6.70. The Morgan fingerprint density at radius 1 is 1.07 bits per heavy atom. The maximum absolute atomic E-state index is 12.3. The van der Waals surface area contributed by atoms with Crippen molar-refractivity contribution in [1.29, 1.82) is 0 Å². The number of carbonyl (C=O) groups excluding carboxylic acids is 1. The predicted octanol–water partition coefficient (Wildman–Crippen LogP) is 4.34. The topological polar surface area (TPSA) is 57.0 Å². The third-order valence-electron chi connectivity index (χ3n) is 4.49. The van der Waals surface area contributed by atoms with Gasteiger partial charge in [0.05, 0.1) is 25.4 Å². The van der Waals surface area contributed by atoms with E-state index in [0.29, 0.717) is 17.8 Å². The van der Waals surface area contributed by atoms with Gasteiger partial charge in [-0.25, -0.2) is 9.48 Å². The summed E-state index contributed by atoms with van der Waals surface area (Å²) in [6.45, 7) is 7.16. The van der Waals surface area contributed by atoms with E-state index >= 15 is 0 Å². The molecule has 28 heavy (non-hydrogen) atoms. The maximum atomic E-state index is 12.3. The van der Waals surface area contributed by atoms with E-state index in [4.69, 9.17) is 4.74 Å². The van der Waals surface area contributed by atoms with E-state index < -0.39 is 5.97 Å². The molecule has 0 fully saturated rings. The first-order valence-corrected chi connectivity index (χ1v) is 9.22. The molecular formula is C23H25N3O2. The van der Waals surface area contributed by atoms with Crippen molar-refractivity contribution in [3.05, 3.63) is 83.2 Å². The van der Waals surface area contributed by atoms with E-state index in [-0.39, 0.29) is 5.41 Å². The quantitative estimate of drug-likeness (QED) is 0.492. The van der Waals surface area contributed by atoms with Crippen LogP contribution in [0.2, 0.25) is 0 Å². The Labute approximate surface area is 165 Å². The molecule has 0 aliphatic carbocycles. The smallest absolute Gasteiger partial charge is 0.340 e. The van der Waals surface area contributed by atoms with Gasteiger partial charge in [0.25, 0.3) is 0 Å². The molecule has 0 bridgehead atoms. The second-order valence-electron chi connectivity index (χ2n) is 7.67. The zero-order valence-corrected chi connectivity index (χ0v) is 16.7. The number of benzene rings is 2. The van der Waals surface area contributed by atoms with Crippen molar-refractivity contribution in [2.75, 3.05) is 7.11 Å². The molecule has 144 valence electrons. The Bertz CT molecular complexity index is 982. The van der Waals surface area contributed by atoms with Crippen LogP contribution in [0, 0.1) is 0 Å². The summed E-state index contributed by atoms with van der Waals surface area (Å²) in [5.74, 6) is -0.439. The molecule has 5 nitrogen and oxygen atoms in total. The number of carbonyl (C=O) groups is 1. The molecule has 0 spiro atoms. The number of methoxy groups -OCH3 is 1. The van der Waals surface area contributed by atoms with Crippen LogP contribution in [0.15, 0.2) is 60.8 Å². The Morgan fingerprint density at radius 3 is 2.43 bits per heavy atom. The van der Waals surface area contributed by atoms with Crippen molar-refractivity contribution < 1.29 is 9.53 Å². The zero-order chi connectivity index (χ0) is 20.1. The molecule has 3 aromatic rings. The van der Waals surface area contributed by atoms with Crippen LogP contribution >= 0.6 is 0 Å². The Morgan fingerprint density at radius 2 is 1.75 bits per heavy atom. The molecule has 0 atom stereocenters. The van der Waals surface area contributed by atoms with Gasteiger partial charge in [-0.3, -0.25) is 0 Å².